The van der Waals surface area contributed by atoms with E-state index in [1.165, 1.54) is 199 Å². The minimum Gasteiger partial charge on any atom is -0.311 e. The van der Waals surface area contributed by atoms with Gasteiger partial charge in [0.25, 0.3) is 20.1 Å². The van der Waals surface area contributed by atoms with Gasteiger partial charge in [-0.3, -0.25) is 0 Å². The fourth-order valence-corrected chi connectivity index (χ4v) is 28.8. The molecule has 1 atom stereocenters. The number of fused-ring (bicyclic) bond motifs is 12. The van der Waals surface area contributed by atoms with Crippen molar-refractivity contribution in [1.29, 1.82) is 0 Å². The lowest BCUT2D eigenvalue weighted by Gasteiger charge is -2.46. The van der Waals surface area contributed by atoms with Crippen LogP contribution in [0.5, 0.6) is 0 Å². The molecule has 0 aliphatic carbocycles. The molecule has 15 heteroatoms. The van der Waals surface area contributed by atoms with Crippen molar-refractivity contribution >= 4 is 251 Å². The quantitative estimate of drug-likeness (QED) is 0.0747. The number of hydrogen-bond donors (Lipinski definition) is 0. The van der Waals surface area contributed by atoms with Crippen LogP contribution in [-0.2, 0) is 5.41 Å². The van der Waals surface area contributed by atoms with E-state index < -0.39 is 53.9 Å². The number of nitrogens with zero attached hydrogens (tertiary/aromatic N) is 6. The second kappa shape index (κ2) is 29.8. The van der Waals surface area contributed by atoms with E-state index in [0.29, 0.717) is 0 Å². The highest BCUT2D eigenvalue weighted by molar-refractivity contribution is 7.03. The molecule has 0 spiro atoms. The molecule has 0 amide bonds. The number of aryl methyl sites for hydroxylation is 3. The van der Waals surface area contributed by atoms with Gasteiger partial charge in [0.05, 0.1) is 48.4 Å². The lowest BCUT2D eigenvalue weighted by Crippen LogP contribution is -2.62. The van der Waals surface area contributed by atoms with Crippen LogP contribution in [0.1, 0.15) is 40.3 Å². The molecule has 0 bridgehead atoms. The number of hydrogen-bond acceptors (Lipinski definition) is 6. The van der Waals surface area contributed by atoms with Gasteiger partial charge >= 0.3 is 0 Å². The smallest absolute Gasteiger partial charge is 0.252 e. The Bertz CT molecular complexity index is 7010. The molecule has 15 aromatic carbocycles. The van der Waals surface area contributed by atoms with Crippen molar-refractivity contribution in [2.24, 2.45) is 0 Å². The fourth-order valence-electron chi connectivity index (χ4n) is 21.8. The predicted molar refractivity (Wildman–Crippen MR) is 579 cm³/mol. The Hall–Kier alpha value is -11.4. The molecule has 6 heterocycles. The number of rotatable bonds is 15. The molecule has 0 aromatic heterocycles. The van der Waals surface area contributed by atoms with Crippen LogP contribution in [0.25, 0.3) is 0 Å². The Morgan fingerprint density at radius 3 is 0.648 bits per heavy atom. The van der Waals surface area contributed by atoms with Crippen LogP contribution in [0.2, 0.25) is 118 Å². The van der Waals surface area contributed by atoms with Crippen LogP contribution in [0.15, 0.2) is 309 Å². The lowest BCUT2D eigenvalue weighted by molar-refractivity contribution is 0.693. The maximum atomic E-state index is 2.67. The highest BCUT2D eigenvalue weighted by Gasteiger charge is 2.50. The van der Waals surface area contributed by atoms with E-state index in [0.717, 1.165) is 17.1 Å². The Morgan fingerprint density at radius 2 is 0.398 bits per heavy atom. The van der Waals surface area contributed by atoms with Crippen LogP contribution in [-0.4, -0.2) is 68.6 Å². The highest BCUT2D eigenvalue weighted by atomic mass is 28.3. The highest BCUT2D eigenvalue weighted by Crippen LogP contribution is 2.53. The maximum Gasteiger partial charge on any atom is 0.252 e. The summed E-state index contributed by atoms with van der Waals surface area (Å²) in [4.78, 5) is 15.7. The van der Waals surface area contributed by atoms with E-state index in [-0.39, 0.29) is 20.1 Å². The Labute approximate surface area is 768 Å². The van der Waals surface area contributed by atoms with Crippen molar-refractivity contribution in [3.8, 4) is 0 Å². The molecule has 6 aliphatic heterocycles. The number of benzene rings is 15. The van der Waals surface area contributed by atoms with Crippen LogP contribution in [0.3, 0.4) is 0 Å². The van der Waals surface area contributed by atoms with Crippen LogP contribution in [0, 0.1) is 20.8 Å². The van der Waals surface area contributed by atoms with Gasteiger partial charge in [0.15, 0.2) is 0 Å². The van der Waals surface area contributed by atoms with Gasteiger partial charge in [-0.2, -0.15) is 0 Å². The second-order valence-electron chi connectivity index (χ2n) is 43.9. The fraction of sp³-hybridized carbons (Fsp3) is 0.204. The normalized spacial score (nSPS) is 14.7. The molecule has 0 saturated carbocycles. The van der Waals surface area contributed by atoms with Crippen molar-refractivity contribution in [2.75, 3.05) is 29.4 Å². The Balaban J connectivity index is 0.850. The zero-order valence-corrected chi connectivity index (χ0v) is 84.9. The first-order valence-corrected chi connectivity index (χ1v) is 67.5. The maximum absolute atomic E-state index is 2.67. The van der Waals surface area contributed by atoms with Crippen molar-refractivity contribution in [1.82, 2.24) is 0 Å². The van der Waals surface area contributed by atoms with Gasteiger partial charge in [-0.1, -0.05) is 329 Å². The third-order valence-corrected chi connectivity index (χ3v) is 41.5. The molecule has 21 rings (SSSR count). The Morgan fingerprint density at radius 1 is 0.188 bits per heavy atom. The summed E-state index contributed by atoms with van der Waals surface area (Å²) in [6, 6.07) is 125. The minimum atomic E-state index is -1.89. The lowest BCUT2D eigenvalue weighted by atomic mass is 9.33. The summed E-state index contributed by atoms with van der Waals surface area (Å²) in [6.45, 7) is 53.7. The molecular weight excluding hydrogens is 1640 g/mol. The van der Waals surface area contributed by atoms with Gasteiger partial charge in [0.1, 0.15) is 0 Å². The molecule has 6 aliphatic rings. The average Bonchev–Trinajstić information content (AvgIpc) is 0.697. The van der Waals surface area contributed by atoms with Crippen LogP contribution in [0.4, 0.5) is 102 Å². The largest absolute Gasteiger partial charge is 0.311 e. The molecule has 632 valence electrons. The van der Waals surface area contributed by atoms with Crippen molar-refractivity contribution in [2.45, 2.75) is 151 Å². The van der Waals surface area contributed by atoms with Gasteiger partial charge in [-0.15, -0.1) is 0 Å². The zero-order valence-electron chi connectivity index (χ0n) is 78.9. The van der Waals surface area contributed by atoms with Crippen molar-refractivity contribution in [3.05, 3.63) is 343 Å². The minimum absolute atomic E-state index is 0.0869. The average molecular weight is 1760 g/mol. The molecule has 15 aromatic rings. The molecular formula is C113H117B3N6Si6. The standard InChI is InChI=1S/C113H117B3N6Si6/c1-74-32-40-80(41-33-74)117-99-66-60-90(127(17,18)19)72-96(99)116-94-64-39-79(71-109(94)122(106-31-24-27-102(117)111(106)116)85-50-58-89(59-51-85)126(14,15)16)113(4,77-37-62-92-107(69-77)121(84-48-56-88(57-49-84)125(11,12)13)104-29-23-26-101-110(104)114(92)95-68-76(3)36-65-98(95)118(101)82-44-52-86(53-45-82)123(5,6)7)78-38-63-93-108(70-78)120(81-42-34-75(2)35-43-81)105-30-25-28-103-112(105)115(93)97-73-91(128(20,21)22)61-67-100(97)119(103)83-46-54-87(55-47-83)124(8,9)10/h23-73H,1-22H3. The van der Waals surface area contributed by atoms with E-state index in [4.69, 9.17) is 0 Å². The number of anilines is 18. The van der Waals surface area contributed by atoms with Crippen LogP contribution >= 0.6 is 0 Å². The van der Waals surface area contributed by atoms with Gasteiger partial charge in [-0.05, 0) is 239 Å². The summed E-state index contributed by atoms with van der Waals surface area (Å²) in [7, 11) is -10.5. The first kappa shape index (κ1) is 83.5. The monoisotopic (exact) mass is 1760 g/mol. The predicted octanol–water partition coefficient (Wildman–Crippen LogP) is 21.5. The molecule has 1 unspecified atom stereocenters. The molecule has 0 saturated heterocycles. The first-order valence-electron chi connectivity index (χ1n) is 46.5. The molecule has 0 fully saturated rings. The SMILES string of the molecule is Cc1ccc(N2c3ccc([Si](C)(C)C)cc3B3c4ccc(C(C)(c5ccc6c(c5)N(c5ccc([Si](C)(C)C)cc5)c5cccc7c5B6c5cc(C)ccc5N7c5ccc([Si](C)(C)C)cc5)c5ccc6c(c5)N(c5ccc(C)cc5)c5cccc7c5B6c5cc([Si](C)(C)C)ccc5N7c5ccc([Si](C)(C)C)cc5)cc4N(c4ccc([Si](C)(C)C)cc4)c4cccc2c43)cc1. The summed E-state index contributed by atoms with van der Waals surface area (Å²) in [5, 5.41) is 8.73. The van der Waals surface area contributed by atoms with Gasteiger partial charge in [0.2, 0.25) is 0 Å². The topological polar surface area (TPSA) is 19.4 Å². The van der Waals surface area contributed by atoms with Gasteiger partial charge in [-0.25, -0.2) is 0 Å². The van der Waals surface area contributed by atoms with Gasteiger partial charge < -0.3 is 29.4 Å². The third kappa shape index (κ3) is 13.5. The molecule has 0 radical (unpaired) electrons. The third-order valence-electron chi connectivity index (χ3n) is 29.1. The van der Waals surface area contributed by atoms with Gasteiger partial charge in [0, 0.05) is 108 Å². The molecule has 0 N–H and O–H groups in total. The summed E-state index contributed by atoms with van der Waals surface area (Å²) >= 11 is 0. The summed E-state index contributed by atoms with van der Waals surface area (Å²) in [5.41, 5.74) is 40.0. The Kier molecular flexibility index (Phi) is 19.5. The molecule has 128 heavy (non-hydrogen) atoms. The van der Waals surface area contributed by atoms with E-state index in [2.05, 4.69) is 484 Å². The summed E-state index contributed by atoms with van der Waals surface area (Å²) < 4.78 is 0. The van der Waals surface area contributed by atoms with Crippen LogP contribution < -0.4 is 110 Å². The van der Waals surface area contributed by atoms with E-state index >= 15 is 0 Å². The summed E-state index contributed by atoms with van der Waals surface area (Å²) in [6.07, 6.45) is 0. The summed E-state index contributed by atoms with van der Waals surface area (Å²) in [5.74, 6) is 0. The first-order chi connectivity index (χ1) is 60.9. The van der Waals surface area contributed by atoms with Crippen molar-refractivity contribution < 1.29 is 0 Å². The van der Waals surface area contributed by atoms with Crippen molar-refractivity contribution in [3.63, 3.8) is 0 Å². The van der Waals surface area contributed by atoms with E-state index in [1.807, 2.05) is 0 Å². The second-order valence-corrected chi connectivity index (χ2v) is 74.3. The molecule has 6 nitrogen and oxygen atoms in total. The zero-order chi connectivity index (χ0) is 89.3. The van der Waals surface area contributed by atoms with E-state index in [9.17, 15) is 0 Å². The van der Waals surface area contributed by atoms with E-state index in [1.54, 1.807) is 0 Å².